The van der Waals surface area contributed by atoms with E-state index in [-0.39, 0.29) is 31.1 Å². The topological polar surface area (TPSA) is 78.9 Å². The zero-order valence-corrected chi connectivity index (χ0v) is 34.6. The molecule has 0 fully saturated rings. The lowest BCUT2D eigenvalue weighted by atomic mass is 10.0. The Hall–Kier alpha value is -1.59. The fraction of sp³-hybridized carbons (Fsp3) is 0.933. The van der Waals surface area contributed by atoms with Crippen molar-refractivity contribution in [2.24, 2.45) is 5.92 Å². The maximum absolute atomic E-state index is 12.7. The van der Waals surface area contributed by atoms with Crippen molar-refractivity contribution in [1.29, 1.82) is 0 Å². The molecule has 0 amide bonds. The summed E-state index contributed by atoms with van der Waals surface area (Å²) in [6.07, 6.45) is 38.0. The fourth-order valence-corrected chi connectivity index (χ4v) is 6.63. The number of unbranched alkanes of at least 4 members (excludes halogenated alkanes) is 27. The monoisotopic (exact) mass is 723 g/mol. The van der Waals surface area contributed by atoms with Crippen molar-refractivity contribution in [1.82, 2.24) is 0 Å². The van der Waals surface area contributed by atoms with Gasteiger partial charge in [0.25, 0.3) is 0 Å². The molecule has 0 aromatic rings. The fourth-order valence-electron chi connectivity index (χ4n) is 6.63. The molecule has 0 radical (unpaired) electrons. The summed E-state index contributed by atoms with van der Waals surface area (Å²) in [5, 5.41) is 0. The van der Waals surface area contributed by atoms with Gasteiger partial charge in [0.05, 0.1) is 0 Å². The summed E-state index contributed by atoms with van der Waals surface area (Å²) in [6, 6.07) is 0. The normalized spacial score (nSPS) is 11.9. The molecule has 0 aliphatic rings. The van der Waals surface area contributed by atoms with Crippen LogP contribution in [0.5, 0.6) is 0 Å². The number of ether oxygens (including phenoxy) is 3. The zero-order valence-electron chi connectivity index (χ0n) is 34.6. The van der Waals surface area contributed by atoms with E-state index >= 15 is 0 Å². The molecule has 302 valence electrons. The second-order valence-corrected chi connectivity index (χ2v) is 15.8. The van der Waals surface area contributed by atoms with Crippen LogP contribution < -0.4 is 0 Å². The Morgan fingerprint density at radius 1 is 0.373 bits per heavy atom. The Morgan fingerprint density at radius 2 is 0.647 bits per heavy atom. The van der Waals surface area contributed by atoms with E-state index < -0.39 is 6.10 Å². The number of rotatable bonds is 40. The van der Waals surface area contributed by atoms with Gasteiger partial charge < -0.3 is 14.2 Å². The van der Waals surface area contributed by atoms with E-state index in [4.69, 9.17) is 14.2 Å². The van der Waals surface area contributed by atoms with Crippen molar-refractivity contribution >= 4 is 17.9 Å². The second-order valence-electron chi connectivity index (χ2n) is 15.8. The summed E-state index contributed by atoms with van der Waals surface area (Å²) >= 11 is 0. The highest BCUT2D eigenvalue weighted by atomic mass is 16.6. The lowest BCUT2D eigenvalue weighted by molar-refractivity contribution is -0.167. The van der Waals surface area contributed by atoms with Crippen LogP contribution in [0, 0.1) is 5.92 Å². The van der Waals surface area contributed by atoms with E-state index in [0.717, 1.165) is 63.7 Å². The minimum Gasteiger partial charge on any atom is -0.462 e. The Morgan fingerprint density at radius 3 is 0.961 bits per heavy atom. The zero-order chi connectivity index (χ0) is 37.5. The number of carbonyl (C=O) groups excluding carboxylic acids is 3. The molecule has 6 nitrogen and oxygen atoms in total. The highest BCUT2D eigenvalue weighted by Crippen LogP contribution is 2.16. The lowest BCUT2D eigenvalue weighted by Crippen LogP contribution is -2.30. The summed E-state index contributed by atoms with van der Waals surface area (Å²) < 4.78 is 16.7. The van der Waals surface area contributed by atoms with Crippen molar-refractivity contribution in [3.05, 3.63) is 0 Å². The van der Waals surface area contributed by atoms with Gasteiger partial charge in [-0.3, -0.25) is 14.4 Å². The first kappa shape index (κ1) is 49.4. The summed E-state index contributed by atoms with van der Waals surface area (Å²) in [5.41, 5.74) is 0. The Bertz CT molecular complexity index is 766. The van der Waals surface area contributed by atoms with E-state index in [2.05, 4.69) is 27.7 Å². The van der Waals surface area contributed by atoms with Gasteiger partial charge in [-0.1, -0.05) is 207 Å². The van der Waals surface area contributed by atoms with Gasteiger partial charge in [0.1, 0.15) is 13.2 Å². The molecular formula is C45H86O6. The van der Waals surface area contributed by atoms with Crippen LogP contribution in [0.4, 0.5) is 0 Å². The van der Waals surface area contributed by atoms with Gasteiger partial charge in [0, 0.05) is 19.3 Å². The second kappa shape index (κ2) is 39.6. The molecule has 0 aromatic carbocycles. The minimum absolute atomic E-state index is 0.0645. The van der Waals surface area contributed by atoms with E-state index in [0.29, 0.717) is 19.3 Å². The van der Waals surface area contributed by atoms with Crippen LogP contribution in [0.2, 0.25) is 0 Å². The SMILES string of the molecule is CCCCCCCCCCCCCCCC(=O)O[C@H](COC(=O)CCCCCCCCCCCC)COC(=O)CCCCCCCCCC(C)C. The maximum atomic E-state index is 12.7. The third-order valence-corrected chi connectivity index (χ3v) is 10.0. The van der Waals surface area contributed by atoms with Gasteiger partial charge in [-0.05, 0) is 25.2 Å². The van der Waals surface area contributed by atoms with Crippen molar-refractivity contribution in [2.75, 3.05) is 13.2 Å². The molecule has 0 heterocycles. The van der Waals surface area contributed by atoms with E-state index in [1.54, 1.807) is 0 Å². The molecule has 0 saturated heterocycles. The van der Waals surface area contributed by atoms with Gasteiger partial charge >= 0.3 is 17.9 Å². The third-order valence-electron chi connectivity index (χ3n) is 10.0. The van der Waals surface area contributed by atoms with Gasteiger partial charge in [-0.15, -0.1) is 0 Å². The first-order chi connectivity index (χ1) is 24.9. The van der Waals surface area contributed by atoms with E-state index in [1.165, 1.54) is 141 Å². The summed E-state index contributed by atoms with van der Waals surface area (Å²) in [6.45, 7) is 8.93. The van der Waals surface area contributed by atoms with Gasteiger partial charge in [-0.25, -0.2) is 0 Å². The van der Waals surface area contributed by atoms with Crippen LogP contribution >= 0.6 is 0 Å². The van der Waals surface area contributed by atoms with Gasteiger partial charge in [0.15, 0.2) is 6.10 Å². The molecule has 0 rings (SSSR count). The van der Waals surface area contributed by atoms with Crippen LogP contribution in [0.1, 0.15) is 246 Å². The summed E-state index contributed by atoms with van der Waals surface area (Å²) in [7, 11) is 0. The van der Waals surface area contributed by atoms with Gasteiger partial charge in [0.2, 0.25) is 0 Å². The molecule has 0 aliphatic heterocycles. The molecule has 0 bridgehead atoms. The molecule has 0 N–H and O–H groups in total. The van der Waals surface area contributed by atoms with Crippen LogP contribution in [0.3, 0.4) is 0 Å². The molecule has 1 atom stereocenters. The van der Waals surface area contributed by atoms with Crippen molar-refractivity contribution < 1.29 is 28.6 Å². The van der Waals surface area contributed by atoms with Crippen LogP contribution in [-0.4, -0.2) is 37.2 Å². The summed E-state index contributed by atoms with van der Waals surface area (Å²) in [4.78, 5) is 37.6. The smallest absolute Gasteiger partial charge is 0.306 e. The molecule has 6 heteroatoms. The standard InChI is InChI=1S/C45H86O6/c1-5-7-9-11-13-15-17-18-19-21-25-30-34-38-45(48)51-42(39-49-43(46)36-32-28-24-20-16-14-12-10-8-6-2)40-50-44(47)37-33-29-26-22-23-27-31-35-41(3)4/h41-42H,5-40H2,1-4H3/t42-/m1/s1. The van der Waals surface area contributed by atoms with Crippen molar-refractivity contribution in [2.45, 2.75) is 252 Å². The molecule has 0 spiro atoms. The van der Waals surface area contributed by atoms with Crippen LogP contribution in [0.25, 0.3) is 0 Å². The molecule has 0 unspecified atom stereocenters. The largest absolute Gasteiger partial charge is 0.462 e. The van der Waals surface area contributed by atoms with E-state index in [9.17, 15) is 14.4 Å². The van der Waals surface area contributed by atoms with Crippen molar-refractivity contribution in [3.8, 4) is 0 Å². The lowest BCUT2D eigenvalue weighted by Gasteiger charge is -2.18. The number of hydrogen-bond donors (Lipinski definition) is 0. The quantitative estimate of drug-likeness (QED) is 0.0356. The predicted octanol–water partition coefficient (Wildman–Crippen LogP) is 13.9. The Kier molecular flexibility index (Phi) is 38.4. The number of carbonyl (C=O) groups is 3. The molecule has 51 heavy (non-hydrogen) atoms. The average Bonchev–Trinajstić information content (AvgIpc) is 3.11. The van der Waals surface area contributed by atoms with Crippen LogP contribution in [-0.2, 0) is 28.6 Å². The highest BCUT2D eigenvalue weighted by Gasteiger charge is 2.19. The molecular weight excluding hydrogens is 636 g/mol. The number of hydrogen-bond acceptors (Lipinski definition) is 6. The number of esters is 3. The molecule has 0 saturated carbocycles. The van der Waals surface area contributed by atoms with Crippen molar-refractivity contribution in [3.63, 3.8) is 0 Å². The average molecular weight is 723 g/mol. The third kappa shape index (κ3) is 39.5. The predicted molar refractivity (Wildman–Crippen MR) is 215 cm³/mol. The maximum Gasteiger partial charge on any atom is 0.306 e. The Labute approximate surface area is 317 Å². The Balaban J connectivity index is 4.33. The first-order valence-electron chi connectivity index (χ1n) is 22.4. The minimum atomic E-state index is -0.758. The molecule has 0 aliphatic carbocycles. The summed E-state index contributed by atoms with van der Waals surface area (Å²) in [5.74, 6) is -0.0771. The van der Waals surface area contributed by atoms with E-state index in [1.807, 2.05) is 0 Å². The van der Waals surface area contributed by atoms with Gasteiger partial charge in [-0.2, -0.15) is 0 Å². The van der Waals surface area contributed by atoms with Crippen LogP contribution in [0.15, 0.2) is 0 Å². The first-order valence-corrected chi connectivity index (χ1v) is 22.4. The highest BCUT2D eigenvalue weighted by molar-refractivity contribution is 5.71. The molecule has 0 aromatic heterocycles.